The van der Waals surface area contributed by atoms with Crippen molar-refractivity contribution < 1.29 is 27.4 Å². The molecule has 0 radical (unpaired) electrons. The Labute approximate surface area is 167 Å². The third kappa shape index (κ3) is 7.53. The van der Waals surface area contributed by atoms with Crippen LogP contribution in [0.25, 0.3) is 0 Å². The van der Waals surface area contributed by atoms with E-state index in [2.05, 4.69) is 16.0 Å². The van der Waals surface area contributed by atoms with Gasteiger partial charge < -0.3 is 25.4 Å². The smallest absolute Gasteiger partial charge is 0.416 e. The number of hydrogen-bond donors (Lipinski definition) is 3. The van der Waals surface area contributed by atoms with Crippen molar-refractivity contribution in [2.75, 3.05) is 32.6 Å². The summed E-state index contributed by atoms with van der Waals surface area (Å²) in [4.78, 5) is 11.8. The predicted molar refractivity (Wildman–Crippen MR) is 104 cm³/mol. The minimum absolute atomic E-state index is 0.292. The fraction of sp³-hybridized carbons (Fsp3) is 0.350. The van der Waals surface area contributed by atoms with Crippen molar-refractivity contribution in [3.05, 3.63) is 53.6 Å². The summed E-state index contributed by atoms with van der Waals surface area (Å²) in [5, 5.41) is 8.41. The van der Waals surface area contributed by atoms with E-state index < -0.39 is 17.8 Å². The van der Waals surface area contributed by atoms with Gasteiger partial charge in [0.15, 0.2) is 0 Å². The van der Waals surface area contributed by atoms with Crippen molar-refractivity contribution in [2.45, 2.75) is 19.1 Å². The van der Waals surface area contributed by atoms with Crippen LogP contribution in [-0.2, 0) is 12.7 Å². The van der Waals surface area contributed by atoms with Crippen LogP contribution in [0.15, 0.2) is 42.5 Å². The number of hydrogen-bond acceptors (Lipinski definition) is 4. The molecular formula is C20H24F3N3O3. The first-order valence-corrected chi connectivity index (χ1v) is 8.96. The normalized spacial score (nSPS) is 11.1. The van der Waals surface area contributed by atoms with Crippen molar-refractivity contribution in [1.29, 1.82) is 0 Å². The molecule has 0 heterocycles. The Morgan fingerprint density at radius 2 is 1.59 bits per heavy atom. The zero-order valence-electron chi connectivity index (χ0n) is 16.2. The Hall–Kier alpha value is -2.94. The highest BCUT2D eigenvalue weighted by molar-refractivity contribution is 5.89. The van der Waals surface area contributed by atoms with Gasteiger partial charge in [0.2, 0.25) is 0 Å². The fourth-order valence-electron chi connectivity index (χ4n) is 2.53. The zero-order valence-corrected chi connectivity index (χ0v) is 16.2. The molecule has 2 amide bonds. The number of amides is 2. The summed E-state index contributed by atoms with van der Waals surface area (Å²) in [6.45, 7) is 1.70. The van der Waals surface area contributed by atoms with Gasteiger partial charge in [-0.3, -0.25) is 0 Å². The molecule has 0 saturated heterocycles. The largest absolute Gasteiger partial charge is 0.497 e. The molecule has 0 atom stereocenters. The standard InChI is InChI=1S/C20H24F3N3O3/c1-28-17-10-14(11-18(12-17)29-2)13-24-8-3-9-25-19(27)26-16-6-4-15(5-7-16)20(21,22)23/h4-7,10-12,24H,3,8-9,13H2,1-2H3,(H2,25,26,27). The van der Waals surface area contributed by atoms with Crippen LogP contribution in [0.3, 0.4) is 0 Å². The minimum Gasteiger partial charge on any atom is -0.497 e. The van der Waals surface area contributed by atoms with Gasteiger partial charge in [0.05, 0.1) is 19.8 Å². The molecule has 0 bridgehead atoms. The van der Waals surface area contributed by atoms with Gasteiger partial charge in [-0.15, -0.1) is 0 Å². The van der Waals surface area contributed by atoms with Crippen molar-refractivity contribution in [3.63, 3.8) is 0 Å². The molecule has 6 nitrogen and oxygen atoms in total. The number of ether oxygens (including phenoxy) is 2. The van der Waals surface area contributed by atoms with Gasteiger partial charge in [-0.25, -0.2) is 4.79 Å². The summed E-state index contributed by atoms with van der Waals surface area (Å²) in [6.07, 6.45) is -3.72. The van der Waals surface area contributed by atoms with Crippen LogP contribution in [0.5, 0.6) is 11.5 Å². The van der Waals surface area contributed by atoms with E-state index in [0.717, 1.165) is 17.7 Å². The fourth-order valence-corrected chi connectivity index (χ4v) is 2.53. The van der Waals surface area contributed by atoms with Crippen molar-refractivity contribution in [3.8, 4) is 11.5 Å². The molecule has 0 saturated carbocycles. The SMILES string of the molecule is COc1cc(CNCCCNC(=O)Nc2ccc(C(F)(F)F)cc2)cc(OC)c1. The number of alkyl halides is 3. The number of rotatable bonds is 9. The molecule has 3 N–H and O–H groups in total. The van der Waals surface area contributed by atoms with E-state index in [1.54, 1.807) is 20.3 Å². The van der Waals surface area contributed by atoms with Crippen molar-refractivity contribution in [1.82, 2.24) is 10.6 Å². The lowest BCUT2D eigenvalue weighted by Crippen LogP contribution is -2.31. The summed E-state index contributed by atoms with van der Waals surface area (Å²) in [5.74, 6) is 1.42. The van der Waals surface area contributed by atoms with E-state index in [4.69, 9.17) is 9.47 Å². The van der Waals surface area contributed by atoms with E-state index in [1.165, 1.54) is 12.1 Å². The molecule has 0 aromatic heterocycles. The molecular weight excluding hydrogens is 387 g/mol. The maximum Gasteiger partial charge on any atom is 0.416 e. The average Bonchev–Trinajstić information content (AvgIpc) is 2.70. The molecule has 2 aromatic carbocycles. The minimum atomic E-state index is -4.40. The number of anilines is 1. The Bertz CT molecular complexity index is 774. The van der Waals surface area contributed by atoms with Gasteiger partial charge in [0.1, 0.15) is 11.5 Å². The summed E-state index contributed by atoms with van der Waals surface area (Å²) < 4.78 is 48.0. The second kappa shape index (κ2) is 10.6. The lowest BCUT2D eigenvalue weighted by atomic mass is 10.2. The topological polar surface area (TPSA) is 71.6 Å². The lowest BCUT2D eigenvalue weighted by molar-refractivity contribution is -0.137. The molecule has 9 heteroatoms. The zero-order chi connectivity index (χ0) is 21.3. The summed E-state index contributed by atoms with van der Waals surface area (Å²) in [6, 6.07) is 9.42. The third-order valence-corrected chi connectivity index (χ3v) is 4.03. The Morgan fingerprint density at radius 1 is 0.966 bits per heavy atom. The van der Waals surface area contributed by atoms with Crippen LogP contribution < -0.4 is 25.4 Å². The molecule has 0 unspecified atom stereocenters. The Morgan fingerprint density at radius 3 is 2.14 bits per heavy atom. The average molecular weight is 411 g/mol. The maximum absolute atomic E-state index is 12.5. The summed E-state index contributed by atoms with van der Waals surface area (Å²) >= 11 is 0. The molecule has 0 aliphatic heterocycles. The molecule has 0 fully saturated rings. The van der Waals surface area contributed by atoms with Crippen LogP contribution in [0.1, 0.15) is 17.5 Å². The van der Waals surface area contributed by atoms with Crippen LogP contribution in [0.4, 0.5) is 23.7 Å². The highest BCUT2D eigenvalue weighted by Crippen LogP contribution is 2.29. The first-order chi connectivity index (χ1) is 13.8. The lowest BCUT2D eigenvalue weighted by Gasteiger charge is -2.11. The van der Waals surface area contributed by atoms with Gasteiger partial charge in [-0.2, -0.15) is 13.2 Å². The number of halogens is 3. The number of benzene rings is 2. The summed E-state index contributed by atoms with van der Waals surface area (Å²) in [7, 11) is 3.18. The highest BCUT2D eigenvalue weighted by Gasteiger charge is 2.29. The molecule has 0 aliphatic rings. The molecule has 158 valence electrons. The quantitative estimate of drug-likeness (QED) is 0.545. The molecule has 0 aliphatic carbocycles. The van der Waals surface area contributed by atoms with E-state index in [0.29, 0.717) is 43.2 Å². The van der Waals surface area contributed by atoms with Gasteiger partial charge in [-0.05, 0) is 54.9 Å². The van der Waals surface area contributed by atoms with Gasteiger partial charge in [0, 0.05) is 24.8 Å². The molecule has 29 heavy (non-hydrogen) atoms. The van der Waals surface area contributed by atoms with Crippen LogP contribution in [0.2, 0.25) is 0 Å². The van der Waals surface area contributed by atoms with Crippen molar-refractivity contribution in [2.24, 2.45) is 0 Å². The van der Waals surface area contributed by atoms with Crippen molar-refractivity contribution >= 4 is 11.7 Å². The number of carbonyl (C=O) groups is 1. The molecule has 0 spiro atoms. The first kappa shape index (κ1) is 22.4. The number of carbonyl (C=O) groups excluding carboxylic acids is 1. The molecule has 2 rings (SSSR count). The van der Waals surface area contributed by atoms with E-state index in [9.17, 15) is 18.0 Å². The Kier molecular flexibility index (Phi) is 8.14. The van der Waals surface area contributed by atoms with Crippen LogP contribution >= 0.6 is 0 Å². The predicted octanol–water partition coefficient (Wildman–Crippen LogP) is 4.02. The first-order valence-electron chi connectivity index (χ1n) is 8.96. The van der Waals surface area contributed by atoms with Crippen LogP contribution in [0, 0.1) is 0 Å². The number of methoxy groups -OCH3 is 2. The van der Waals surface area contributed by atoms with Gasteiger partial charge in [-0.1, -0.05) is 0 Å². The maximum atomic E-state index is 12.5. The monoisotopic (exact) mass is 411 g/mol. The number of nitrogens with one attached hydrogen (secondary N) is 3. The van der Waals surface area contributed by atoms with Crippen LogP contribution in [-0.4, -0.2) is 33.3 Å². The highest BCUT2D eigenvalue weighted by atomic mass is 19.4. The van der Waals surface area contributed by atoms with E-state index >= 15 is 0 Å². The van der Waals surface area contributed by atoms with Gasteiger partial charge >= 0.3 is 12.2 Å². The van der Waals surface area contributed by atoms with E-state index in [1.807, 2.05) is 12.1 Å². The third-order valence-electron chi connectivity index (χ3n) is 4.03. The van der Waals surface area contributed by atoms with E-state index in [-0.39, 0.29) is 0 Å². The van der Waals surface area contributed by atoms with Gasteiger partial charge in [0.25, 0.3) is 0 Å². The number of urea groups is 1. The summed E-state index contributed by atoms with van der Waals surface area (Å²) in [5.41, 5.74) is 0.540. The second-order valence-electron chi connectivity index (χ2n) is 6.21. The second-order valence-corrected chi connectivity index (χ2v) is 6.21. The Balaban J connectivity index is 1.66. The molecule has 2 aromatic rings.